The maximum atomic E-state index is 11.5. The number of anilines is 2. The summed E-state index contributed by atoms with van der Waals surface area (Å²) >= 11 is 0. The highest BCUT2D eigenvalue weighted by Crippen LogP contribution is 2.30. The third-order valence-corrected chi connectivity index (χ3v) is 3.53. The van der Waals surface area contributed by atoms with Crippen LogP contribution in [0, 0.1) is 0 Å². The first-order valence-corrected chi connectivity index (χ1v) is 7.53. The molecule has 1 aromatic rings. The molecule has 0 fully saturated rings. The second kappa shape index (κ2) is 7.43. The Morgan fingerprint density at radius 1 is 1.33 bits per heavy atom. The van der Waals surface area contributed by atoms with Crippen molar-refractivity contribution in [2.24, 2.45) is 0 Å². The topological polar surface area (TPSA) is 50.8 Å². The van der Waals surface area contributed by atoms with Gasteiger partial charge in [0.2, 0.25) is 5.91 Å². The van der Waals surface area contributed by atoms with Crippen LogP contribution in [0.4, 0.5) is 11.4 Å². The molecule has 0 aliphatic carbocycles. The first-order chi connectivity index (χ1) is 10.2. The smallest absolute Gasteiger partial charge is 0.223 e. The Morgan fingerprint density at radius 2 is 2.05 bits per heavy atom. The van der Waals surface area contributed by atoms with Crippen molar-refractivity contribution in [2.75, 3.05) is 36.5 Å². The van der Waals surface area contributed by atoms with Crippen LogP contribution in [0.3, 0.4) is 0 Å². The van der Waals surface area contributed by atoms with Gasteiger partial charge in [-0.1, -0.05) is 0 Å². The monoisotopic (exact) mass is 292 g/mol. The van der Waals surface area contributed by atoms with Crippen molar-refractivity contribution in [1.29, 1.82) is 0 Å². The average molecular weight is 292 g/mol. The highest BCUT2D eigenvalue weighted by atomic mass is 16.7. The second-order valence-electron chi connectivity index (χ2n) is 4.99. The maximum Gasteiger partial charge on any atom is 0.223 e. The van der Waals surface area contributed by atoms with Crippen molar-refractivity contribution >= 4 is 17.3 Å². The molecule has 0 saturated heterocycles. The van der Waals surface area contributed by atoms with E-state index in [4.69, 9.17) is 9.47 Å². The van der Waals surface area contributed by atoms with E-state index in [9.17, 15) is 4.79 Å². The molecule has 5 nitrogen and oxygen atoms in total. The molecule has 0 unspecified atom stereocenters. The Kier molecular flexibility index (Phi) is 5.59. The number of fused-ring (bicyclic) bond motifs is 1. The number of hydrogen-bond donors (Lipinski definition) is 1. The van der Waals surface area contributed by atoms with Gasteiger partial charge in [0.15, 0.2) is 6.29 Å². The van der Waals surface area contributed by atoms with Gasteiger partial charge in [0.05, 0.1) is 6.54 Å². The molecule has 0 aromatic heterocycles. The van der Waals surface area contributed by atoms with E-state index in [2.05, 4.69) is 11.4 Å². The number of amides is 1. The summed E-state index contributed by atoms with van der Waals surface area (Å²) in [5, 5.41) is 3.33. The second-order valence-corrected chi connectivity index (χ2v) is 4.99. The fraction of sp³-hybridized carbons (Fsp3) is 0.562. The number of carbonyl (C=O) groups is 1. The minimum Gasteiger partial charge on any atom is -0.380 e. The minimum atomic E-state index is -0.234. The number of nitrogens with zero attached hydrogens (tertiary/aromatic N) is 1. The lowest BCUT2D eigenvalue weighted by Crippen LogP contribution is -2.26. The molecule has 1 aliphatic heterocycles. The molecule has 1 aromatic carbocycles. The van der Waals surface area contributed by atoms with E-state index in [1.807, 2.05) is 30.9 Å². The lowest BCUT2D eigenvalue weighted by atomic mass is 10.1. The molecule has 116 valence electrons. The van der Waals surface area contributed by atoms with Gasteiger partial charge in [-0.2, -0.15) is 0 Å². The highest BCUT2D eigenvalue weighted by Gasteiger charge is 2.22. The quantitative estimate of drug-likeness (QED) is 0.784. The van der Waals surface area contributed by atoms with E-state index in [1.54, 1.807) is 6.92 Å². The normalized spacial score (nSPS) is 13.6. The number of hydrogen-bond acceptors (Lipinski definition) is 4. The van der Waals surface area contributed by atoms with Gasteiger partial charge >= 0.3 is 0 Å². The summed E-state index contributed by atoms with van der Waals surface area (Å²) in [6.45, 7) is 8.16. The molecule has 21 heavy (non-hydrogen) atoms. The molecular weight excluding hydrogens is 268 g/mol. The number of nitrogens with one attached hydrogen (secondary N) is 1. The third kappa shape index (κ3) is 3.95. The van der Waals surface area contributed by atoms with Crippen LogP contribution >= 0.6 is 0 Å². The third-order valence-electron chi connectivity index (χ3n) is 3.53. The van der Waals surface area contributed by atoms with Crippen LogP contribution in [0.15, 0.2) is 18.2 Å². The largest absolute Gasteiger partial charge is 0.380 e. The van der Waals surface area contributed by atoms with Crippen molar-refractivity contribution in [1.82, 2.24) is 0 Å². The van der Waals surface area contributed by atoms with Gasteiger partial charge in [0, 0.05) is 38.1 Å². The minimum absolute atomic E-state index is 0.0993. The predicted octanol–water partition coefficient (Wildman–Crippen LogP) is 2.41. The van der Waals surface area contributed by atoms with Gasteiger partial charge in [-0.05, 0) is 44.0 Å². The van der Waals surface area contributed by atoms with Crippen molar-refractivity contribution in [2.45, 2.75) is 33.5 Å². The molecule has 1 aliphatic rings. The van der Waals surface area contributed by atoms with Crippen molar-refractivity contribution < 1.29 is 14.3 Å². The van der Waals surface area contributed by atoms with Crippen LogP contribution in [-0.4, -0.2) is 38.5 Å². The highest BCUT2D eigenvalue weighted by molar-refractivity contribution is 5.94. The van der Waals surface area contributed by atoms with Gasteiger partial charge < -0.3 is 19.7 Å². The Hall–Kier alpha value is -1.59. The summed E-state index contributed by atoms with van der Waals surface area (Å²) in [4.78, 5) is 13.4. The van der Waals surface area contributed by atoms with Crippen LogP contribution in [0.5, 0.6) is 0 Å². The fourth-order valence-corrected chi connectivity index (χ4v) is 2.58. The van der Waals surface area contributed by atoms with E-state index >= 15 is 0 Å². The number of carbonyl (C=O) groups excluding carboxylic acids is 1. The zero-order valence-corrected chi connectivity index (χ0v) is 13.0. The number of ether oxygens (including phenoxy) is 2. The van der Waals surface area contributed by atoms with E-state index in [0.29, 0.717) is 19.8 Å². The molecule has 1 N–H and O–H groups in total. The van der Waals surface area contributed by atoms with E-state index in [-0.39, 0.29) is 12.2 Å². The number of benzene rings is 1. The van der Waals surface area contributed by atoms with Gasteiger partial charge in [0.1, 0.15) is 0 Å². The molecule has 0 bridgehead atoms. The summed E-state index contributed by atoms with van der Waals surface area (Å²) in [7, 11) is 0. The maximum absolute atomic E-state index is 11.5. The molecule has 1 heterocycles. The summed E-state index contributed by atoms with van der Waals surface area (Å²) < 4.78 is 11.0. The molecular formula is C16H24N2O3. The van der Waals surface area contributed by atoms with E-state index < -0.39 is 0 Å². The fourth-order valence-electron chi connectivity index (χ4n) is 2.58. The van der Waals surface area contributed by atoms with Gasteiger partial charge in [-0.25, -0.2) is 0 Å². The number of rotatable bonds is 7. The SMILES string of the molecule is CCOC(CNc1ccc2c(c1)CCN2C(C)=O)OCC. The van der Waals surface area contributed by atoms with E-state index in [1.165, 1.54) is 5.56 Å². The van der Waals surface area contributed by atoms with Gasteiger partial charge in [0.25, 0.3) is 0 Å². The van der Waals surface area contributed by atoms with E-state index in [0.717, 1.165) is 24.3 Å². The summed E-state index contributed by atoms with van der Waals surface area (Å²) in [5.74, 6) is 0.0993. The summed E-state index contributed by atoms with van der Waals surface area (Å²) in [5.41, 5.74) is 3.27. The molecule has 0 spiro atoms. The molecule has 0 atom stereocenters. The van der Waals surface area contributed by atoms with Gasteiger partial charge in [-0.3, -0.25) is 4.79 Å². The summed E-state index contributed by atoms with van der Waals surface area (Å²) in [6.07, 6.45) is 0.673. The molecule has 1 amide bonds. The first-order valence-electron chi connectivity index (χ1n) is 7.53. The Labute approximate surface area is 126 Å². The Bertz CT molecular complexity index is 484. The first kappa shape index (κ1) is 15.8. The van der Waals surface area contributed by atoms with Crippen LogP contribution in [0.1, 0.15) is 26.3 Å². The van der Waals surface area contributed by atoms with Crippen LogP contribution in [-0.2, 0) is 20.7 Å². The van der Waals surface area contributed by atoms with Crippen molar-refractivity contribution in [3.63, 3.8) is 0 Å². The standard InChI is InChI=1S/C16H24N2O3/c1-4-20-16(21-5-2)11-17-14-6-7-15-13(10-14)8-9-18(15)12(3)19/h6-7,10,16-17H,4-5,8-9,11H2,1-3H3. The van der Waals surface area contributed by atoms with Crippen LogP contribution in [0.25, 0.3) is 0 Å². The zero-order valence-electron chi connectivity index (χ0n) is 13.0. The van der Waals surface area contributed by atoms with Crippen LogP contribution < -0.4 is 10.2 Å². The predicted molar refractivity (Wildman–Crippen MR) is 83.7 cm³/mol. The summed E-state index contributed by atoms with van der Waals surface area (Å²) in [6, 6.07) is 6.10. The Balaban J connectivity index is 1.98. The molecule has 2 rings (SSSR count). The zero-order chi connectivity index (χ0) is 15.2. The molecule has 5 heteroatoms. The van der Waals surface area contributed by atoms with Gasteiger partial charge in [-0.15, -0.1) is 0 Å². The lowest BCUT2D eigenvalue weighted by molar-refractivity contribution is -0.126. The average Bonchev–Trinajstić information content (AvgIpc) is 2.88. The lowest BCUT2D eigenvalue weighted by Gasteiger charge is -2.19. The molecule has 0 saturated carbocycles. The molecule has 0 radical (unpaired) electrons. The van der Waals surface area contributed by atoms with Crippen LogP contribution in [0.2, 0.25) is 0 Å². The van der Waals surface area contributed by atoms with Crippen molar-refractivity contribution in [3.05, 3.63) is 23.8 Å². The Morgan fingerprint density at radius 3 is 2.67 bits per heavy atom. The van der Waals surface area contributed by atoms with Crippen molar-refractivity contribution in [3.8, 4) is 0 Å².